The van der Waals surface area contributed by atoms with E-state index in [2.05, 4.69) is 20.7 Å². The number of hydrogen-bond donors (Lipinski definition) is 0. The molecule has 1 aromatic carbocycles. The number of nitrogens with zero attached hydrogens (tertiary/aromatic N) is 1. The number of ether oxygens (including phenoxy) is 1. The van der Waals surface area contributed by atoms with Crippen LogP contribution in [0.1, 0.15) is 15.9 Å². The molecule has 0 aliphatic heterocycles. The Morgan fingerprint density at radius 2 is 2.24 bits per heavy atom. The Balaban J connectivity index is 3.39. The van der Waals surface area contributed by atoms with Crippen molar-refractivity contribution in [2.75, 3.05) is 7.11 Å². The van der Waals surface area contributed by atoms with Gasteiger partial charge in [0.15, 0.2) is 6.29 Å². The van der Waals surface area contributed by atoms with Crippen LogP contribution < -0.4 is 0 Å². The van der Waals surface area contributed by atoms with Crippen molar-refractivity contribution in [3.63, 3.8) is 0 Å². The highest BCUT2D eigenvalue weighted by molar-refractivity contribution is 9.10. The highest BCUT2D eigenvalue weighted by Gasteiger charge is 2.23. The summed E-state index contributed by atoms with van der Waals surface area (Å²) in [5, 5.41) is 10.9. The molecule has 0 bridgehead atoms. The second-order valence-electron chi connectivity index (χ2n) is 3.09. The molecule has 0 aromatic heterocycles. The summed E-state index contributed by atoms with van der Waals surface area (Å²) in [6.45, 7) is 0. The molecule has 0 atom stereocenters. The van der Waals surface area contributed by atoms with E-state index in [0.717, 1.165) is 0 Å². The summed E-state index contributed by atoms with van der Waals surface area (Å²) < 4.78 is 4.65. The lowest BCUT2D eigenvalue weighted by atomic mass is 10.0. The van der Waals surface area contributed by atoms with Gasteiger partial charge in [-0.15, -0.1) is 0 Å². The molecule has 0 saturated carbocycles. The molecule has 0 heterocycles. The van der Waals surface area contributed by atoms with E-state index in [1.807, 2.05) is 0 Å². The van der Waals surface area contributed by atoms with E-state index in [0.29, 0.717) is 6.29 Å². The first-order valence-electron chi connectivity index (χ1n) is 4.49. The van der Waals surface area contributed by atoms with Gasteiger partial charge in [-0.05, 0) is 28.1 Å². The van der Waals surface area contributed by atoms with Crippen LogP contribution in [0.25, 0.3) is 0 Å². The van der Waals surface area contributed by atoms with Crippen molar-refractivity contribution >= 4 is 33.9 Å². The predicted octanol–water partition coefficient (Wildman–Crippen LogP) is 1.89. The maximum atomic E-state index is 11.2. The topological polar surface area (TPSA) is 86.5 Å². The number of halogens is 1. The Bertz CT molecular complexity index is 486. The normalized spacial score (nSPS) is 9.76. The van der Waals surface area contributed by atoms with E-state index >= 15 is 0 Å². The number of benzene rings is 1. The van der Waals surface area contributed by atoms with Gasteiger partial charge >= 0.3 is 5.97 Å². The van der Waals surface area contributed by atoms with Crippen molar-refractivity contribution in [2.24, 2.45) is 0 Å². The van der Waals surface area contributed by atoms with Crippen molar-refractivity contribution in [1.82, 2.24) is 0 Å². The molecule has 0 aliphatic carbocycles. The summed E-state index contributed by atoms with van der Waals surface area (Å²) in [6, 6.07) is 2.80. The van der Waals surface area contributed by atoms with Crippen LogP contribution in [0.2, 0.25) is 0 Å². The van der Waals surface area contributed by atoms with E-state index in [4.69, 9.17) is 0 Å². The molecule has 0 spiro atoms. The van der Waals surface area contributed by atoms with E-state index in [9.17, 15) is 19.7 Å². The fourth-order valence-corrected chi connectivity index (χ4v) is 1.85. The number of methoxy groups -OCH3 is 1. The lowest BCUT2D eigenvalue weighted by molar-refractivity contribution is -0.386. The molecule has 17 heavy (non-hydrogen) atoms. The fourth-order valence-electron chi connectivity index (χ4n) is 1.33. The molecular formula is C10H8BrNO5. The molecule has 0 saturated heterocycles. The Hall–Kier alpha value is -1.76. The second-order valence-corrected chi connectivity index (χ2v) is 3.95. The zero-order valence-corrected chi connectivity index (χ0v) is 10.4. The third-order valence-electron chi connectivity index (χ3n) is 2.13. The molecule has 0 radical (unpaired) electrons. The number of nitro benzene ring substituents is 1. The van der Waals surface area contributed by atoms with Crippen LogP contribution in [-0.2, 0) is 16.0 Å². The summed E-state index contributed by atoms with van der Waals surface area (Å²) in [5.74, 6) is -0.644. The first kappa shape index (κ1) is 13.3. The highest BCUT2D eigenvalue weighted by atomic mass is 79.9. The number of aldehydes is 1. The third-order valence-corrected chi connectivity index (χ3v) is 2.77. The van der Waals surface area contributed by atoms with Crippen LogP contribution in [0.4, 0.5) is 5.69 Å². The van der Waals surface area contributed by atoms with Crippen molar-refractivity contribution in [3.05, 3.63) is 37.8 Å². The lowest BCUT2D eigenvalue weighted by Gasteiger charge is -2.06. The summed E-state index contributed by atoms with van der Waals surface area (Å²) in [4.78, 5) is 32.2. The SMILES string of the molecule is COC(=O)Cc1c(C=O)ccc(Br)c1[N+](=O)[O-]. The van der Waals surface area contributed by atoms with Gasteiger partial charge < -0.3 is 4.74 Å². The van der Waals surface area contributed by atoms with Crippen molar-refractivity contribution in [1.29, 1.82) is 0 Å². The number of carbonyl (C=O) groups excluding carboxylic acids is 2. The van der Waals surface area contributed by atoms with E-state index in [-0.39, 0.29) is 27.7 Å². The molecule has 7 heteroatoms. The summed E-state index contributed by atoms with van der Waals surface area (Å²) >= 11 is 3.01. The molecule has 0 fully saturated rings. The van der Waals surface area contributed by atoms with E-state index in [1.165, 1.54) is 19.2 Å². The van der Waals surface area contributed by atoms with Gasteiger partial charge in [0.2, 0.25) is 0 Å². The Morgan fingerprint density at radius 1 is 1.59 bits per heavy atom. The van der Waals surface area contributed by atoms with Crippen LogP contribution in [0.3, 0.4) is 0 Å². The number of esters is 1. The van der Waals surface area contributed by atoms with Crippen LogP contribution in [0.5, 0.6) is 0 Å². The van der Waals surface area contributed by atoms with Crippen molar-refractivity contribution in [3.8, 4) is 0 Å². The van der Waals surface area contributed by atoms with Crippen LogP contribution in [0, 0.1) is 10.1 Å². The molecule has 90 valence electrons. The number of rotatable bonds is 4. The third kappa shape index (κ3) is 2.88. The molecule has 1 rings (SSSR count). The fraction of sp³-hybridized carbons (Fsp3) is 0.200. The average molecular weight is 302 g/mol. The summed E-state index contributed by atoms with van der Waals surface area (Å²) in [5.41, 5.74) is -0.142. The highest BCUT2D eigenvalue weighted by Crippen LogP contribution is 2.31. The van der Waals surface area contributed by atoms with Gasteiger partial charge in [0.05, 0.1) is 28.5 Å². The first-order chi connectivity index (χ1) is 8.01. The van der Waals surface area contributed by atoms with Gasteiger partial charge in [0.1, 0.15) is 0 Å². The zero-order valence-electron chi connectivity index (χ0n) is 8.81. The molecular weight excluding hydrogens is 294 g/mol. The second kappa shape index (κ2) is 5.53. The Morgan fingerprint density at radius 3 is 2.71 bits per heavy atom. The molecule has 0 amide bonds. The molecule has 0 unspecified atom stereocenters. The molecule has 1 aromatic rings. The quantitative estimate of drug-likeness (QED) is 0.367. The van der Waals surface area contributed by atoms with Crippen LogP contribution in [-0.4, -0.2) is 24.3 Å². The van der Waals surface area contributed by atoms with Crippen LogP contribution in [0.15, 0.2) is 16.6 Å². The summed E-state index contributed by atoms with van der Waals surface area (Å²) in [7, 11) is 1.17. The van der Waals surface area contributed by atoms with E-state index < -0.39 is 10.9 Å². The van der Waals surface area contributed by atoms with Gasteiger partial charge in [-0.2, -0.15) is 0 Å². The van der Waals surface area contributed by atoms with Crippen molar-refractivity contribution < 1.29 is 19.2 Å². The minimum atomic E-state index is -0.644. The molecule has 6 nitrogen and oxygen atoms in total. The van der Waals surface area contributed by atoms with Gasteiger partial charge in [0.25, 0.3) is 5.69 Å². The largest absolute Gasteiger partial charge is 0.469 e. The van der Waals surface area contributed by atoms with Crippen LogP contribution >= 0.6 is 15.9 Å². The van der Waals surface area contributed by atoms with Crippen molar-refractivity contribution in [2.45, 2.75) is 6.42 Å². The average Bonchev–Trinajstić information content (AvgIpc) is 2.28. The van der Waals surface area contributed by atoms with Gasteiger partial charge in [-0.3, -0.25) is 19.7 Å². The maximum absolute atomic E-state index is 11.2. The Kier molecular flexibility index (Phi) is 4.33. The van der Waals surface area contributed by atoms with Gasteiger partial charge in [0, 0.05) is 5.56 Å². The zero-order chi connectivity index (χ0) is 13.0. The first-order valence-corrected chi connectivity index (χ1v) is 5.28. The lowest BCUT2D eigenvalue weighted by Crippen LogP contribution is -2.09. The standard InChI is InChI=1S/C10H8BrNO5/c1-17-9(14)4-7-6(5-13)2-3-8(11)10(7)12(15)16/h2-3,5H,4H2,1H3. The Labute approximate surface area is 105 Å². The minimum Gasteiger partial charge on any atom is -0.469 e. The van der Waals surface area contributed by atoms with E-state index in [1.54, 1.807) is 0 Å². The number of carbonyl (C=O) groups is 2. The smallest absolute Gasteiger partial charge is 0.310 e. The minimum absolute atomic E-state index is 0.0474. The van der Waals surface area contributed by atoms with Gasteiger partial charge in [-0.25, -0.2) is 0 Å². The molecule has 0 N–H and O–H groups in total. The van der Waals surface area contributed by atoms with Gasteiger partial charge in [-0.1, -0.05) is 0 Å². The number of hydrogen-bond acceptors (Lipinski definition) is 5. The molecule has 0 aliphatic rings. The number of nitro groups is 1. The monoisotopic (exact) mass is 301 g/mol. The predicted molar refractivity (Wildman–Crippen MR) is 61.9 cm³/mol. The maximum Gasteiger partial charge on any atom is 0.310 e. The summed E-state index contributed by atoms with van der Waals surface area (Å²) in [6.07, 6.45) is 0.151.